The van der Waals surface area contributed by atoms with Gasteiger partial charge in [-0.3, -0.25) is 4.79 Å². The van der Waals surface area contributed by atoms with Gasteiger partial charge >= 0.3 is 0 Å². The van der Waals surface area contributed by atoms with Crippen molar-refractivity contribution in [1.29, 1.82) is 0 Å². The van der Waals surface area contributed by atoms with E-state index in [-0.39, 0.29) is 11.8 Å². The van der Waals surface area contributed by atoms with Crippen LogP contribution in [0.3, 0.4) is 0 Å². The second kappa shape index (κ2) is 6.42. The molecule has 0 bridgehead atoms. The van der Waals surface area contributed by atoms with E-state index in [1.54, 1.807) is 17.0 Å². The Labute approximate surface area is 143 Å². The van der Waals surface area contributed by atoms with E-state index in [2.05, 4.69) is 0 Å². The lowest BCUT2D eigenvalue weighted by atomic mass is 9.66. The number of hydrogen-bond acceptors (Lipinski definition) is 3. The molecule has 2 rings (SSSR count). The van der Waals surface area contributed by atoms with Crippen LogP contribution in [0.5, 0.6) is 0 Å². The summed E-state index contributed by atoms with van der Waals surface area (Å²) in [6.07, 6.45) is 0.484. The molecule has 1 heterocycles. The minimum atomic E-state index is -0.990. The number of piperidine rings is 1. The lowest BCUT2D eigenvalue weighted by molar-refractivity contribution is -0.155. The zero-order chi connectivity index (χ0) is 17.4. The summed E-state index contributed by atoms with van der Waals surface area (Å²) in [5, 5.41) is 11.9. The molecule has 1 aromatic carbocycles. The van der Waals surface area contributed by atoms with E-state index in [1.165, 1.54) is 0 Å². The van der Waals surface area contributed by atoms with Crippen LogP contribution in [0.25, 0.3) is 0 Å². The molecule has 5 heteroatoms. The number of likely N-dealkylation sites (tertiary alicyclic amines) is 1. The van der Waals surface area contributed by atoms with Crippen LogP contribution in [-0.2, 0) is 10.4 Å². The molecule has 23 heavy (non-hydrogen) atoms. The summed E-state index contributed by atoms with van der Waals surface area (Å²) in [6, 6.07) is 6.81. The van der Waals surface area contributed by atoms with Gasteiger partial charge in [-0.2, -0.15) is 0 Å². The van der Waals surface area contributed by atoms with Gasteiger partial charge in [0.15, 0.2) is 0 Å². The van der Waals surface area contributed by atoms with Crippen LogP contribution in [0.15, 0.2) is 24.3 Å². The highest BCUT2D eigenvalue weighted by atomic mass is 35.5. The Hall–Kier alpha value is -1.10. The molecule has 0 aromatic heterocycles. The van der Waals surface area contributed by atoms with Gasteiger partial charge in [-0.15, -0.1) is 0 Å². The summed E-state index contributed by atoms with van der Waals surface area (Å²) >= 11 is 5.95. The van der Waals surface area contributed by atoms with Gasteiger partial charge < -0.3 is 15.7 Å². The fourth-order valence-electron chi connectivity index (χ4n) is 3.27. The zero-order valence-electron chi connectivity index (χ0n) is 14.3. The van der Waals surface area contributed by atoms with E-state index in [0.717, 1.165) is 5.56 Å². The standard InChI is InChI=1S/C18H27ClN2O2/c1-12(2)15(20)16(22)21-10-9-18(23,17(3,4)11-21)13-5-7-14(19)8-6-13/h5-8,12,15,23H,9-11,20H2,1-4H3. The number of hydrogen-bond donors (Lipinski definition) is 2. The Morgan fingerprint density at radius 2 is 1.87 bits per heavy atom. The number of nitrogens with two attached hydrogens (primary N) is 1. The molecule has 4 nitrogen and oxygen atoms in total. The van der Waals surface area contributed by atoms with Gasteiger partial charge in [-0.25, -0.2) is 0 Å². The summed E-state index contributed by atoms with van der Waals surface area (Å²) in [5.41, 5.74) is 5.38. The van der Waals surface area contributed by atoms with Crippen molar-refractivity contribution in [3.63, 3.8) is 0 Å². The maximum absolute atomic E-state index is 12.5. The van der Waals surface area contributed by atoms with Crippen LogP contribution >= 0.6 is 11.6 Å². The molecular weight excluding hydrogens is 312 g/mol. The highest BCUT2D eigenvalue weighted by Crippen LogP contribution is 2.46. The molecule has 1 amide bonds. The molecule has 3 N–H and O–H groups in total. The fraction of sp³-hybridized carbons (Fsp3) is 0.611. The van der Waals surface area contributed by atoms with Crippen molar-refractivity contribution in [1.82, 2.24) is 4.90 Å². The second-order valence-electron chi connectivity index (χ2n) is 7.53. The van der Waals surface area contributed by atoms with Crippen molar-refractivity contribution in [2.24, 2.45) is 17.1 Å². The van der Waals surface area contributed by atoms with Crippen molar-refractivity contribution in [2.45, 2.75) is 45.8 Å². The smallest absolute Gasteiger partial charge is 0.239 e. The minimum Gasteiger partial charge on any atom is -0.384 e. The lowest BCUT2D eigenvalue weighted by Crippen LogP contribution is -2.59. The van der Waals surface area contributed by atoms with Gasteiger partial charge in [0, 0.05) is 23.5 Å². The maximum atomic E-state index is 12.5. The Bertz CT molecular complexity index is 571. The van der Waals surface area contributed by atoms with Crippen molar-refractivity contribution < 1.29 is 9.90 Å². The third kappa shape index (κ3) is 3.39. The number of rotatable bonds is 3. The van der Waals surface area contributed by atoms with Crippen LogP contribution in [-0.4, -0.2) is 35.0 Å². The molecule has 2 atom stereocenters. The summed E-state index contributed by atoms with van der Waals surface area (Å²) in [7, 11) is 0. The molecule has 1 fully saturated rings. The van der Waals surface area contributed by atoms with Gasteiger partial charge in [0.25, 0.3) is 0 Å². The minimum absolute atomic E-state index is 0.0359. The van der Waals surface area contributed by atoms with Crippen LogP contribution in [0, 0.1) is 11.3 Å². The maximum Gasteiger partial charge on any atom is 0.239 e. The first kappa shape index (κ1) is 18.2. The van der Waals surface area contributed by atoms with Crippen LogP contribution < -0.4 is 5.73 Å². The lowest BCUT2D eigenvalue weighted by Gasteiger charge is -2.51. The largest absolute Gasteiger partial charge is 0.384 e. The summed E-state index contributed by atoms with van der Waals surface area (Å²) < 4.78 is 0. The van der Waals surface area contributed by atoms with Crippen LogP contribution in [0.2, 0.25) is 5.02 Å². The van der Waals surface area contributed by atoms with Gasteiger partial charge in [-0.1, -0.05) is 51.4 Å². The first-order chi connectivity index (χ1) is 10.6. The molecule has 1 saturated heterocycles. The third-order valence-electron chi connectivity index (χ3n) is 5.09. The monoisotopic (exact) mass is 338 g/mol. The van der Waals surface area contributed by atoms with E-state index in [4.69, 9.17) is 17.3 Å². The number of carbonyl (C=O) groups excluding carboxylic acids is 1. The van der Waals surface area contributed by atoms with Crippen LogP contribution in [0.4, 0.5) is 0 Å². The van der Waals surface area contributed by atoms with Crippen LogP contribution in [0.1, 0.15) is 39.7 Å². The Morgan fingerprint density at radius 1 is 1.30 bits per heavy atom. The summed E-state index contributed by atoms with van der Waals surface area (Å²) in [5.74, 6) is 0.0638. The fourth-order valence-corrected chi connectivity index (χ4v) is 3.39. The Morgan fingerprint density at radius 3 is 2.35 bits per heavy atom. The third-order valence-corrected chi connectivity index (χ3v) is 5.34. The molecule has 0 aliphatic carbocycles. The normalized spacial score (nSPS) is 25.5. The van der Waals surface area contributed by atoms with Crippen molar-refractivity contribution in [2.75, 3.05) is 13.1 Å². The summed E-state index contributed by atoms with van der Waals surface area (Å²) in [6.45, 7) is 8.85. The van der Waals surface area contributed by atoms with Gasteiger partial charge in [-0.05, 0) is 30.0 Å². The zero-order valence-corrected chi connectivity index (χ0v) is 15.1. The van der Waals surface area contributed by atoms with Gasteiger partial charge in [0.05, 0.1) is 11.6 Å². The highest BCUT2D eigenvalue weighted by Gasteiger charge is 2.50. The van der Waals surface area contributed by atoms with Gasteiger partial charge in [0.1, 0.15) is 0 Å². The summed E-state index contributed by atoms with van der Waals surface area (Å²) in [4.78, 5) is 14.3. The van der Waals surface area contributed by atoms with Crippen molar-refractivity contribution >= 4 is 17.5 Å². The Kier molecular flexibility index (Phi) is 5.09. The molecule has 0 saturated carbocycles. The average molecular weight is 339 g/mol. The number of nitrogens with zero attached hydrogens (tertiary/aromatic N) is 1. The molecule has 2 unspecified atom stereocenters. The van der Waals surface area contributed by atoms with E-state index >= 15 is 0 Å². The topological polar surface area (TPSA) is 66.6 Å². The van der Waals surface area contributed by atoms with E-state index in [1.807, 2.05) is 39.8 Å². The molecule has 0 radical (unpaired) electrons. The quantitative estimate of drug-likeness (QED) is 0.890. The predicted octanol–water partition coefficient (Wildman–Crippen LogP) is 2.77. The van der Waals surface area contributed by atoms with E-state index in [0.29, 0.717) is 24.5 Å². The molecule has 1 aliphatic heterocycles. The Balaban J connectivity index is 2.23. The number of halogens is 1. The first-order valence-corrected chi connectivity index (χ1v) is 8.49. The molecule has 1 aromatic rings. The number of carbonyl (C=O) groups is 1. The molecule has 0 spiro atoms. The number of aliphatic hydroxyl groups is 1. The average Bonchev–Trinajstić information content (AvgIpc) is 2.49. The van der Waals surface area contributed by atoms with E-state index in [9.17, 15) is 9.90 Å². The van der Waals surface area contributed by atoms with Gasteiger partial charge in [0.2, 0.25) is 5.91 Å². The second-order valence-corrected chi connectivity index (χ2v) is 7.97. The number of amides is 1. The van der Waals surface area contributed by atoms with Crippen molar-refractivity contribution in [3.8, 4) is 0 Å². The first-order valence-electron chi connectivity index (χ1n) is 8.11. The number of benzene rings is 1. The van der Waals surface area contributed by atoms with E-state index < -0.39 is 17.1 Å². The molecular formula is C18H27ClN2O2. The molecule has 1 aliphatic rings. The SMILES string of the molecule is CC(C)C(N)C(=O)N1CCC(O)(c2ccc(Cl)cc2)C(C)(C)C1. The highest BCUT2D eigenvalue weighted by molar-refractivity contribution is 6.30. The van der Waals surface area contributed by atoms with Crippen molar-refractivity contribution in [3.05, 3.63) is 34.9 Å². The molecule has 128 valence electrons. The predicted molar refractivity (Wildman–Crippen MR) is 93.1 cm³/mol.